The maximum Gasteiger partial charge on any atom is 0.0395 e. The Balaban J connectivity index is 2.27. The molecule has 1 heterocycles. The molecule has 1 aliphatic heterocycles. The van der Waals surface area contributed by atoms with E-state index in [4.69, 9.17) is 0 Å². The molecule has 1 atom stereocenters. The molecule has 1 N–H and O–H groups in total. The smallest absolute Gasteiger partial charge is 0.0395 e. The van der Waals surface area contributed by atoms with E-state index in [1.807, 2.05) is 6.08 Å². The lowest BCUT2D eigenvalue weighted by atomic mass is 10.0. The first kappa shape index (κ1) is 14.3. The number of nitrogens with one attached hydrogen (secondary N) is 1. The molecule has 1 fully saturated rings. The molecule has 0 spiro atoms. The standard InChI is InChI=1S/C14H18Br2N2/c1-2-3-14(18-8-6-17-7-9-18)12-10-11(15)4-5-13(12)16/h2,4-5,10,14,17H,1,3,6-9H2/t14-/m1/s1. The van der Waals surface area contributed by atoms with E-state index in [0.717, 1.165) is 37.1 Å². The van der Waals surface area contributed by atoms with Crippen LogP contribution < -0.4 is 5.32 Å². The highest BCUT2D eigenvalue weighted by Gasteiger charge is 2.22. The van der Waals surface area contributed by atoms with Crippen molar-refractivity contribution < 1.29 is 0 Å². The van der Waals surface area contributed by atoms with Gasteiger partial charge in [-0.05, 0) is 30.2 Å². The number of benzene rings is 1. The molecule has 1 aromatic rings. The van der Waals surface area contributed by atoms with Crippen LogP contribution in [0.15, 0.2) is 39.8 Å². The molecule has 0 unspecified atom stereocenters. The normalized spacial score (nSPS) is 18.6. The van der Waals surface area contributed by atoms with Crippen LogP contribution in [0.1, 0.15) is 18.0 Å². The second kappa shape index (κ2) is 6.85. The van der Waals surface area contributed by atoms with Gasteiger partial charge in [0.25, 0.3) is 0 Å². The van der Waals surface area contributed by atoms with Gasteiger partial charge in [0.2, 0.25) is 0 Å². The van der Waals surface area contributed by atoms with Gasteiger partial charge in [-0.25, -0.2) is 0 Å². The van der Waals surface area contributed by atoms with Crippen LogP contribution in [0, 0.1) is 0 Å². The van der Waals surface area contributed by atoms with Crippen LogP contribution in [0.5, 0.6) is 0 Å². The highest BCUT2D eigenvalue weighted by Crippen LogP contribution is 2.33. The number of piperazine rings is 1. The average Bonchev–Trinajstić information content (AvgIpc) is 2.40. The fourth-order valence-corrected chi connectivity index (χ4v) is 3.28. The molecule has 2 nitrogen and oxygen atoms in total. The van der Waals surface area contributed by atoms with Crippen molar-refractivity contribution in [1.29, 1.82) is 0 Å². The monoisotopic (exact) mass is 372 g/mol. The zero-order chi connectivity index (χ0) is 13.0. The summed E-state index contributed by atoms with van der Waals surface area (Å²) in [6.07, 6.45) is 3.00. The molecule has 0 saturated carbocycles. The molecule has 2 rings (SSSR count). The third-order valence-corrected chi connectivity index (χ3v) is 4.51. The van der Waals surface area contributed by atoms with Crippen molar-refractivity contribution in [2.75, 3.05) is 26.2 Å². The fourth-order valence-electron chi connectivity index (χ4n) is 2.39. The SMILES string of the molecule is C=CC[C@H](c1cc(Br)ccc1Br)N1CCNCC1. The van der Waals surface area contributed by atoms with E-state index in [9.17, 15) is 0 Å². The summed E-state index contributed by atoms with van der Waals surface area (Å²) in [5, 5.41) is 3.40. The van der Waals surface area contributed by atoms with Crippen molar-refractivity contribution in [2.24, 2.45) is 0 Å². The summed E-state index contributed by atoms with van der Waals surface area (Å²) < 4.78 is 2.31. The minimum Gasteiger partial charge on any atom is -0.314 e. The van der Waals surface area contributed by atoms with Gasteiger partial charge in [0, 0.05) is 41.2 Å². The zero-order valence-corrected chi connectivity index (χ0v) is 13.5. The molecule has 0 amide bonds. The molecule has 1 aliphatic rings. The number of halogens is 2. The van der Waals surface area contributed by atoms with Crippen LogP contribution in [0.3, 0.4) is 0 Å². The van der Waals surface area contributed by atoms with Crippen LogP contribution in [-0.2, 0) is 0 Å². The van der Waals surface area contributed by atoms with Crippen molar-refractivity contribution in [1.82, 2.24) is 10.2 Å². The summed E-state index contributed by atoms with van der Waals surface area (Å²) in [7, 11) is 0. The van der Waals surface area contributed by atoms with Gasteiger partial charge < -0.3 is 5.32 Å². The zero-order valence-electron chi connectivity index (χ0n) is 10.3. The van der Waals surface area contributed by atoms with Gasteiger partial charge in [-0.3, -0.25) is 4.90 Å². The first-order valence-electron chi connectivity index (χ1n) is 6.23. The molecule has 0 aromatic heterocycles. The lowest BCUT2D eigenvalue weighted by Crippen LogP contribution is -2.45. The minimum atomic E-state index is 0.413. The predicted molar refractivity (Wildman–Crippen MR) is 83.8 cm³/mol. The first-order valence-corrected chi connectivity index (χ1v) is 7.81. The summed E-state index contributed by atoms with van der Waals surface area (Å²) in [4.78, 5) is 2.53. The lowest BCUT2D eigenvalue weighted by Gasteiger charge is -2.35. The van der Waals surface area contributed by atoms with Gasteiger partial charge in [0.05, 0.1) is 0 Å². The van der Waals surface area contributed by atoms with Crippen LogP contribution in [0.25, 0.3) is 0 Å². The van der Waals surface area contributed by atoms with Gasteiger partial charge in [0.15, 0.2) is 0 Å². The Bertz CT molecular complexity index is 414. The average molecular weight is 374 g/mol. The predicted octanol–water partition coefficient (Wildman–Crippen LogP) is 3.73. The van der Waals surface area contributed by atoms with E-state index in [0.29, 0.717) is 6.04 Å². The lowest BCUT2D eigenvalue weighted by molar-refractivity contribution is 0.174. The van der Waals surface area contributed by atoms with E-state index in [1.54, 1.807) is 0 Å². The van der Waals surface area contributed by atoms with Crippen LogP contribution in [0.4, 0.5) is 0 Å². The Kier molecular flexibility index (Phi) is 5.42. The Morgan fingerprint density at radius 2 is 2.06 bits per heavy atom. The number of hydrogen-bond donors (Lipinski definition) is 1. The third-order valence-electron chi connectivity index (χ3n) is 3.30. The fraction of sp³-hybridized carbons (Fsp3) is 0.429. The topological polar surface area (TPSA) is 15.3 Å². The maximum atomic E-state index is 3.90. The van der Waals surface area contributed by atoms with E-state index < -0.39 is 0 Å². The van der Waals surface area contributed by atoms with Gasteiger partial charge >= 0.3 is 0 Å². The summed E-state index contributed by atoms with van der Waals surface area (Å²) in [5.74, 6) is 0. The first-order chi connectivity index (χ1) is 8.72. The largest absolute Gasteiger partial charge is 0.314 e. The Morgan fingerprint density at radius 3 is 2.72 bits per heavy atom. The van der Waals surface area contributed by atoms with Crippen molar-refractivity contribution >= 4 is 31.9 Å². The maximum absolute atomic E-state index is 3.90. The molecule has 1 saturated heterocycles. The van der Waals surface area contributed by atoms with E-state index in [-0.39, 0.29) is 0 Å². The van der Waals surface area contributed by atoms with E-state index >= 15 is 0 Å². The number of rotatable bonds is 4. The molecule has 18 heavy (non-hydrogen) atoms. The van der Waals surface area contributed by atoms with E-state index in [1.165, 1.54) is 10.0 Å². The van der Waals surface area contributed by atoms with Crippen molar-refractivity contribution in [2.45, 2.75) is 12.5 Å². The number of hydrogen-bond acceptors (Lipinski definition) is 2. The molecule has 4 heteroatoms. The van der Waals surface area contributed by atoms with Crippen molar-refractivity contribution in [3.05, 3.63) is 45.4 Å². The summed E-state index contributed by atoms with van der Waals surface area (Å²) in [5.41, 5.74) is 1.34. The Hall–Kier alpha value is -0.160. The molecular formula is C14H18Br2N2. The molecular weight excluding hydrogens is 356 g/mol. The third kappa shape index (κ3) is 3.44. The van der Waals surface area contributed by atoms with Gasteiger partial charge in [0.1, 0.15) is 0 Å². The Morgan fingerprint density at radius 1 is 1.33 bits per heavy atom. The van der Waals surface area contributed by atoms with Crippen LogP contribution in [-0.4, -0.2) is 31.1 Å². The Labute approximate surface area is 126 Å². The van der Waals surface area contributed by atoms with Gasteiger partial charge in [-0.1, -0.05) is 37.9 Å². The van der Waals surface area contributed by atoms with Crippen molar-refractivity contribution in [3.63, 3.8) is 0 Å². The molecule has 0 bridgehead atoms. The highest BCUT2D eigenvalue weighted by molar-refractivity contribution is 9.11. The number of nitrogens with zero attached hydrogens (tertiary/aromatic N) is 1. The molecule has 0 aliphatic carbocycles. The second-order valence-corrected chi connectivity index (χ2v) is 6.26. The summed E-state index contributed by atoms with van der Waals surface area (Å²) in [6.45, 7) is 8.23. The summed E-state index contributed by atoms with van der Waals surface area (Å²) >= 11 is 7.23. The molecule has 0 radical (unpaired) electrons. The van der Waals surface area contributed by atoms with E-state index in [2.05, 4.69) is 66.9 Å². The van der Waals surface area contributed by atoms with Crippen molar-refractivity contribution in [3.8, 4) is 0 Å². The molecule has 98 valence electrons. The van der Waals surface area contributed by atoms with Gasteiger partial charge in [-0.2, -0.15) is 0 Å². The van der Waals surface area contributed by atoms with Crippen LogP contribution in [0.2, 0.25) is 0 Å². The van der Waals surface area contributed by atoms with Gasteiger partial charge in [-0.15, -0.1) is 6.58 Å². The quantitative estimate of drug-likeness (QED) is 0.809. The minimum absolute atomic E-state index is 0.413. The molecule has 1 aromatic carbocycles. The van der Waals surface area contributed by atoms with Crippen LogP contribution >= 0.6 is 31.9 Å². The second-order valence-electron chi connectivity index (χ2n) is 4.49. The summed E-state index contributed by atoms with van der Waals surface area (Å²) in [6, 6.07) is 6.80. The highest BCUT2D eigenvalue weighted by atomic mass is 79.9.